The van der Waals surface area contributed by atoms with Gasteiger partial charge in [0.2, 0.25) is 0 Å². The van der Waals surface area contributed by atoms with Crippen molar-refractivity contribution in [2.75, 3.05) is 0 Å². The first-order valence-corrected chi connectivity index (χ1v) is 11.6. The van der Waals surface area contributed by atoms with Crippen molar-refractivity contribution in [3.05, 3.63) is 142 Å². The van der Waals surface area contributed by atoms with Crippen molar-refractivity contribution in [3.8, 4) is 11.1 Å². The van der Waals surface area contributed by atoms with E-state index in [1.54, 1.807) is 0 Å². The Morgan fingerprint density at radius 1 is 0.727 bits per heavy atom. The van der Waals surface area contributed by atoms with Crippen LogP contribution in [0.4, 0.5) is 0 Å². The van der Waals surface area contributed by atoms with Gasteiger partial charge in [0.25, 0.3) is 0 Å². The zero-order valence-corrected chi connectivity index (χ0v) is 19.9. The van der Waals surface area contributed by atoms with Crippen LogP contribution in [0.5, 0.6) is 0 Å². The van der Waals surface area contributed by atoms with E-state index >= 15 is 0 Å². The van der Waals surface area contributed by atoms with E-state index < -0.39 is 0 Å². The average Bonchev–Trinajstić information content (AvgIpc) is 3.09. The largest absolute Gasteiger partial charge is 0.0984 e. The van der Waals surface area contributed by atoms with Crippen LogP contribution in [0.25, 0.3) is 23.3 Å². The van der Waals surface area contributed by atoms with Gasteiger partial charge in [-0.25, -0.2) is 0 Å². The Hall–Kier alpha value is -3.64. The molecule has 0 N–H and O–H groups in total. The van der Waals surface area contributed by atoms with Crippen LogP contribution < -0.4 is 0 Å². The first-order chi connectivity index (χ1) is 15.9. The minimum Gasteiger partial charge on any atom is -0.0984 e. The molecular formula is C33H30. The molecule has 0 bridgehead atoms. The molecule has 0 aliphatic heterocycles. The third-order valence-electron chi connectivity index (χ3n) is 6.79. The predicted octanol–water partition coefficient (Wildman–Crippen LogP) is 8.73. The minimum absolute atomic E-state index is 0.370. The van der Waals surface area contributed by atoms with Gasteiger partial charge in [-0.2, -0.15) is 0 Å². The van der Waals surface area contributed by atoms with Crippen LogP contribution in [0.2, 0.25) is 0 Å². The summed E-state index contributed by atoms with van der Waals surface area (Å²) >= 11 is 0. The van der Waals surface area contributed by atoms with Gasteiger partial charge >= 0.3 is 0 Å². The number of hydrogen-bond donors (Lipinski definition) is 0. The van der Waals surface area contributed by atoms with Crippen molar-refractivity contribution in [3.63, 3.8) is 0 Å². The average molecular weight is 427 g/mol. The molecule has 1 unspecified atom stereocenters. The Morgan fingerprint density at radius 2 is 1.39 bits per heavy atom. The highest BCUT2D eigenvalue weighted by molar-refractivity contribution is 5.91. The number of hydrogen-bond acceptors (Lipinski definition) is 0. The molecule has 4 aromatic rings. The maximum atomic E-state index is 4.17. The maximum absolute atomic E-state index is 4.17. The van der Waals surface area contributed by atoms with Crippen LogP contribution in [0.3, 0.4) is 0 Å². The number of fused-ring (bicyclic) bond motifs is 3. The van der Waals surface area contributed by atoms with Crippen molar-refractivity contribution in [1.29, 1.82) is 0 Å². The molecule has 0 amide bonds. The lowest BCUT2D eigenvalue weighted by Gasteiger charge is -2.34. The Kier molecular flexibility index (Phi) is 5.17. The lowest BCUT2D eigenvalue weighted by Crippen LogP contribution is -2.28. The van der Waals surface area contributed by atoms with Crippen LogP contribution in [0, 0.1) is 13.8 Å². The number of rotatable bonds is 4. The molecule has 0 aromatic heterocycles. The van der Waals surface area contributed by atoms with Crippen molar-refractivity contribution in [1.82, 2.24) is 0 Å². The van der Waals surface area contributed by atoms with Crippen LogP contribution in [0.1, 0.15) is 58.4 Å². The molecule has 5 rings (SSSR count). The highest BCUT2D eigenvalue weighted by Crippen LogP contribution is 2.57. The first kappa shape index (κ1) is 21.2. The van der Waals surface area contributed by atoms with Crippen LogP contribution in [-0.4, -0.2) is 0 Å². The summed E-state index contributed by atoms with van der Waals surface area (Å²) in [6, 6.07) is 31.7. The summed E-state index contributed by atoms with van der Waals surface area (Å²) in [7, 11) is 0. The molecule has 1 atom stereocenters. The van der Waals surface area contributed by atoms with Crippen molar-refractivity contribution >= 4 is 12.2 Å². The summed E-state index contributed by atoms with van der Waals surface area (Å²) < 4.78 is 0. The topological polar surface area (TPSA) is 0 Å². The highest BCUT2D eigenvalue weighted by Gasteiger charge is 2.46. The fourth-order valence-corrected chi connectivity index (χ4v) is 5.54. The SMILES string of the molecule is C=Cc1cc(C)cc2c1-c1ccc(C)cc1C2(c1ccccc1)c1ccc(C=C(C)C)cc1. The van der Waals surface area contributed by atoms with E-state index in [2.05, 4.69) is 125 Å². The molecule has 1 aliphatic rings. The van der Waals surface area contributed by atoms with E-state index in [1.807, 2.05) is 6.08 Å². The number of benzene rings is 4. The van der Waals surface area contributed by atoms with Crippen molar-refractivity contribution in [2.24, 2.45) is 0 Å². The zero-order valence-electron chi connectivity index (χ0n) is 19.9. The molecule has 4 aromatic carbocycles. The van der Waals surface area contributed by atoms with Gasteiger partial charge in [-0.1, -0.05) is 120 Å². The van der Waals surface area contributed by atoms with Gasteiger partial charge in [-0.05, 0) is 72.2 Å². The fraction of sp³-hybridized carbons (Fsp3) is 0.152. The van der Waals surface area contributed by atoms with E-state index in [-0.39, 0.29) is 5.41 Å². The second kappa shape index (κ2) is 8.05. The summed E-state index contributed by atoms with van der Waals surface area (Å²) in [4.78, 5) is 0. The molecular weight excluding hydrogens is 396 g/mol. The third-order valence-corrected chi connectivity index (χ3v) is 6.79. The fourth-order valence-electron chi connectivity index (χ4n) is 5.54. The van der Waals surface area contributed by atoms with Crippen molar-refractivity contribution < 1.29 is 0 Å². The summed E-state index contributed by atoms with van der Waals surface area (Å²) in [6.07, 6.45) is 4.24. The second-order valence-corrected chi connectivity index (χ2v) is 9.49. The monoisotopic (exact) mass is 426 g/mol. The molecule has 0 heteroatoms. The van der Waals surface area contributed by atoms with Crippen molar-refractivity contribution in [2.45, 2.75) is 33.1 Å². The van der Waals surface area contributed by atoms with E-state index in [4.69, 9.17) is 0 Å². The molecule has 0 heterocycles. The van der Waals surface area contributed by atoms with Crippen LogP contribution >= 0.6 is 0 Å². The van der Waals surface area contributed by atoms with Gasteiger partial charge in [-0.15, -0.1) is 0 Å². The molecule has 0 fully saturated rings. The van der Waals surface area contributed by atoms with E-state index in [9.17, 15) is 0 Å². The normalized spacial score (nSPS) is 16.1. The van der Waals surface area contributed by atoms with Crippen LogP contribution in [-0.2, 0) is 5.41 Å². The number of allylic oxidation sites excluding steroid dienone is 1. The lowest BCUT2D eigenvalue weighted by molar-refractivity contribution is 0.766. The molecule has 33 heavy (non-hydrogen) atoms. The van der Waals surface area contributed by atoms with Gasteiger partial charge in [0.15, 0.2) is 0 Å². The highest BCUT2D eigenvalue weighted by atomic mass is 14.5. The van der Waals surface area contributed by atoms with Crippen LogP contribution in [0.15, 0.2) is 97.1 Å². The molecule has 162 valence electrons. The summed E-state index contributed by atoms with van der Waals surface area (Å²) in [6.45, 7) is 12.8. The van der Waals surface area contributed by atoms with Gasteiger partial charge in [-0.3, -0.25) is 0 Å². The minimum atomic E-state index is -0.370. The Labute approximate surface area is 198 Å². The molecule has 0 radical (unpaired) electrons. The predicted molar refractivity (Wildman–Crippen MR) is 143 cm³/mol. The van der Waals surface area contributed by atoms with Gasteiger partial charge in [0.1, 0.15) is 0 Å². The van der Waals surface area contributed by atoms with Gasteiger partial charge < -0.3 is 0 Å². The molecule has 0 saturated heterocycles. The lowest BCUT2D eigenvalue weighted by atomic mass is 9.67. The summed E-state index contributed by atoms with van der Waals surface area (Å²) in [5, 5.41) is 0. The van der Waals surface area contributed by atoms with E-state index in [1.165, 1.54) is 61.2 Å². The quantitative estimate of drug-likeness (QED) is 0.269. The molecule has 1 aliphatic carbocycles. The zero-order chi connectivity index (χ0) is 23.2. The molecule has 0 saturated carbocycles. The number of aryl methyl sites for hydroxylation is 2. The van der Waals surface area contributed by atoms with E-state index in [0.29, 0.717) is 0 Å². The first-order valence-electron chi connectivity index (χ1n) is 11.6. The molecule has 0 nitrogen and oxygen atoms in total. The smallest absolute Gasteiger partial charge is 0.0713 e. The van der Waals surface area contributed by atoms with Gasteiger partial charge in [0.05, 0.1) is 5.41 Å². The Balaban J connectivity index is 1.94. The summed E-state index contributed by atoms with van der Waals surface area (Å²) in [5.74, 6) is 0. The second-order valence-electron chi connectivity index (χ2n) is 9.49. The van der Waals surface area contributed by atoms with Gasteiger partial charge in [0, 0.05) is 0 Å². The standard InChI is InChI=1S/C33H30/c1-6-26-19-24(5)21-31-32(26)29-17-12-23(4)20-30(29)33(31,27-10-8-7-9-11-27)28-15-13-25(14-16-28)18-22(2)3/h6-21H,1H2,2-5H3. The van der Waals surface area contributed by atoms with E-state index in [0.717, 1.165) is 0 Å². The Bertz CT molecular complexity index is 1380. The summed E-state index contributed by atoms with van der Waals surface area (Å²) in [5.41, 5.74) is 13.8. The third kappa shape index (κ3) is 3.29. The Morgan fingerprint density at radius 3 is 2.06 bits per heavy atom. The maximum Gasteiger partial charge on any atom is 0.0713 e. The molecule has 0 spiro atoms.